The first-order valence-electron chi connectivity index (χ1n) is 7.06. The lowest BCUT2D eigenvalue weighted by molar-refractivity contribution is 0.112. The quantitative estimate of drug-likeness (QED) is 0.771. The molecule has 19 heavy (non-hydrogen) atoms. The monoisotopic (exact) mass is 280 g/mol. The molecule has 0 radical (unpaired) electrons. The van der Waals surface area contributed by atoms with Gasteiger partial charge in [0.05, 0.1) is 10.6 Å². The standard InChI is InChI=1S/C15H24N2OS/c1-10-6-7-17(11(2)8-10)14-16-13(15(3,4)5)12(9-18)19-14/h9-11H,6-8H2,1-5H3. The smallest absolute Gasteiger partial charge is 0.186 e. The maximum Gasteiger partial charge on any atom is 0.186 e. The molecular formula is C15H24N2OS. The summed E-state index contributed by atoms with van der Waals surface area (Å²) in [5, 5.41) is 1.02. The Morgan fingerprint density at radius 2 is 2.05 bits per heavy atom. The summed E-state index contributed by atoms with van der Waals surface area (Å²) in [6, 6.07) is 0.516. The van der Waals surface area contributed by atoms with Crippen molar-refractivity contribution in [3.05, 3.63) is 10.6 Å². The van der Waals surface area contributed by atoms with E-state index in [9.17, 15) is 4.79 Å². The number of carbonyl (C=O) groups excluding carboxylic acids is 1. The van der Waals surface area contributed by atoms with Crippen LogP contribution in [0.2, 0.25) is 0 Å². The topological polar surface area (TPSA) is 33.2 Å². The van der Waals surface area contributed by atoms with Gasteiger partial charge in [-0.15, -0.1) is 0 Å². The largest absolute Gasteiger partial charge is 0.345 e. The molecule has 2 unspecified atom stereocenters. The zero-order valence-corrected chi connectivity index (χ0v) is 13.4. The molecule has 106 valence electrons. The first kappa shape index (κ1) is 14.5. The van der Waals surface area contributed by atoms with Crippen LogP contribution in [-0.2, 0) is 5.41 Å². The molecule has 2 heterocycles. The molecule has 0 spiro atoms. The first-order chi connectivity index (χ1) is 8.82. The number of nitrogens with zero attached hydrogens (tertiary/aromatic N) is 2. The Morgan fingerprint density at radius 3 is 2.53 bits per heavy atom. The van der Waals surface area contributed by atoms with Crippen molar-refractivity contribution in [2.75, 3.05) is 11.4 Å². The van der Waals surface area contributed by atoms with Gasteiger partial charge in [0.25, 0.3) is 0 Å². The summed E-state index contributed by atoms with van der Waals surface area (Å²) >= 11 is 1.54. The van der Waals surface area contributed by atoms with Gasteiger partial charge >= 0.3 is 0 Å². The van der Waals surface area contributed by atoms with Gasteiger partial charge in [0.15, 0.2) is 11.4 Å². The van der Waals surface area contributed by atoms with Gasteiger partial charge in [-0.1, -0.05) is 39.0 Å². The third-order valence-electron chi connectivity index (χ3n) is 3.84. The molecule has 1 aromatic heterocycles. The molecule has 0 aromatic carbocycles. The second kappa shape index (κ2) is 5.23. The van der Waals surface area contributed by atoms with Crippen LogP contribution in [0.1, 0.15) is 62.8 Å². The van der Waals surface area contributed by atoms with Crippen LogP contribution in [0.3, 0.4) is 0 Å². The van der Waals surface area contributed by atoms with Gasteiger partial charge in [0, 0.05) is 18.0 Å². The Kier molecular flexibility index (Phi) is 4.00. The predicted molar refractivity (Wildman–Crippen MR) is 81.4 cm³/mol. The van der Waals surface area contributed by atoms with Gasteiger partial charge in [-0.3, -0.25) is 4.79 Å². The second-order valence-electron chi connectivity index (χ2n) is 6.75. The van der Waals surface area contributed by atoms with Crippen molar-refractivity contribution >= 4 is 22.8 Å². The van der Waals surface area contributed by atoms with Crippen molar-refractivity contribution in [3.8, 4) is 0 Å². The lowest BCUT2D eigenvalue weighted by Crippen LogP contribution is -2.40. The zero-order valence-electron chi connectivity index (χ0n) is 12.6. The minimum Gasteiger partial charge on any atom is -0.345 e. The van der Waals surface area contributed by atoms with Crippen LogP contribution in [0.4, 0.5) is 5.13 Å². The highest BCUT2D eigenvalue weighted by Gasteiger charge is 2.29. The van der Waals surface area contributed by atoms with Crippen LogP contribution in [-0.4, -0.2) is 23.9 Å². The van der Waals surface area contributed by atoms with Crippen LogP contribution in [0.15, 0.2) is 0 Å². The van der Waals surface area contributed by atoms with E-state index >= 15 is 0 Å². The van der Waals surface area contributed by atoms with Gasteiger partial charge in [-0.2, -0.15) is 0 Å². The number of thiazole rings is 1. The van der Waals surface area contributed by atoms with Crippen LogP contribution in [0.25, 0.3) is 0 Å². The minimum absolute atomic E-state index is 0.0721. The number of hydrogen-bond acceptors (Lipinski definition) is 4. The Hall–Kier alpha value is -0.900. The van der Waals surface area contributed by atoms with Crippen molar-refractivity contribution in [1.29, 1.82) is 0 Å². The van der Waals surface area contributed by atoms with Crippen LogP contribution in [0.5, 0.6) is 0 Å². The lowest BCUT2D eigenvalue weighted by atomic mass is 9.91. The Balaban J connectivity index is 2.31. The molecule has 0 amide bonds. The molecule has 3 nitrogen and oxygen atoms in total. The average Bonchev–Trinajstić information content (AvgIpc) is 2.72. The summed E-state index contributed by atoms with van der Waals surface area (Å²) in [6.45, 7) is 12.0. The van der Waals surface area contributed by atoms with E-state index in [-0.39, 0.29) is 5.41 Å². The molecule has 2 atom stereocenters. The maximum absolute atomic E-state index is 11.3. The second-order valence-corrected chi connectivity index (χ2v) is 7.76. The zero-order chi connectivity index (χ0) is 14.2. The normalized spacial score (nSPS) is 24.6. The minimum atomic E-state index is -0.0721. The van der Waals surface area contributed by atoms with Gasteiger partial charge in [0.1, 0.15) is 0 Å². The third-order valence-corrected chi connectivity index (χ3v) is 4.86. The highest BCUT2D eigenvalue weighted by atomic mass is 32.1. The number of aldehydes is 1. The molecule has 1 aliphatic rings. The van der Waals surface area contributed by atoms with E-state index in [1.165, 1.54) is 12.8 Å². The first-order valence-corrected chi connectivity index (χ1v) is 7.87. The summed E-state index contributed by atoms with van der Waals surface area (Å²) in [5.41, 5.74) is 0.866. The number of hydrogen-bond donors (Lipinski definition) is 0. The SMILES string of the molecule is CC1CCN(c2nc(C(C)(C)C)c(C=O)s2)C(C)C1. The maximum atomic E-state index is 11.3. The fourth-order valence-corrected chi connectivity index (χ4v) is 3.97. The van der Waals surface area contributed by atoms with E-state index in [4.69, 9.17) is 4.98 Å². The summed E-state index contributed by atoms with van der Waals surface area (Å²) in [6.07, 6.45) is 3.38. The lowest BCUT2D eigenvalue weighted by Gasteiger charge is -2.36. The number of rotatable bonds is 2. The number of anilines is 1. The number of carbonyl (C=O) groups is 1. The fourth-order valence-electron chi connectivity index (χ4n) is 2.75. The molecule has 0 aliphatic carbocycles. The fraction of sp³-hybridized carbons (Fsp3) is 0.733. The number of aromatic nitrogens is 1. The van der Waals surface area contributed by atoms with E-state index in [2.05, 4.69) is 39.5 Å². The molecule has 1 aliphatic heterocycles. The van der Waals surface area contributed by atoms with Gasteiger partial charge < -0.3 is 4.90 Å². The molecule has 0 N–H and O–H groups in total. The molecule has 1 saturated heterocycles. The summed E-state index contributed by atoms with van der Waals surface area (Å²) in [5.74, 6) is 0.791. The third kappa shape index (κ3) is 2.99. The molecule has 0 saturated carbocycles. The molecule has 1 fully saturated rings. The Morgan fingerprint density at radius 1 is 1.37 bits per heavy atom. The van der Waals surface area contributed by atoms with Crippen molar-refractivity contribution in [1.82, 2.24) is 4.98 Å². The molecule has 4 heteroatoms. The molecule has 2 rings (SSSR count). The predicted octanol–water partition coefficient (Wildman–Crippen LogP) is 3.88. The van der Waals surface area contributed by atoms with Crippen molar-refractivity contribution in [2.45, 2.75) is 58.9 Å². The van der Waals surface area contributed by atoms with E-state index < -0.39 is 0 Å². The summed E-state index contributed by atoms with van der Waals surface area (Å²) in [4.78, 5) is 19.2. The van der Waals surface area contributed by atoms with E-state index in [0.717, 1.165) is 34.5 Å². The van der Waals surface area contributed by atoms with E-state index in [1.54, 1.807) is 11.3 Å². The number of piperidine rings is 1. The van der Waals surface area contributed by atoms with Crippen molar-refractivity contribution in [3.63, 3.8) is 0 Å². The van der Waals surface area contributed by atoms with Crippen LogP contribution >= 0.6 is 11.3 Å². The van der Waals surface area contributed by atoms with Crippen LogP contribution < -0.4 is 4.90 Å². The van der Waals surface area contributed by atoms with Gasteiger partial charge in [0.2, 0.25) is 0 Å². The van der Waals surface area contributed by atoms with Crippen LogP contribution in [0, 0.1) is 5.92 Å². The van der Waals surface area contributed by atoms with Crippen molar-refractivity contribution in [2.24, 2.45) is 5.92 Å². The van der Waals surface area contributed by atoms with E-state index in [0.29, 0.717) is 6.04 Å². The Bertz CT molecular complexity index is 461. The van der Waals surface area contributed by atoms with Crippen molar-refractivity contribution < 1.29 is 4.79 Å². The molecule has 1 aromatic rings. The highest BCUT2D eigenvalue weighted by Crippen LogP contribution is 2.36. The molecule has 0 bridgehead atoms. The summed E-state index contributed by atoms with van der Waals surface area (Å²) in [7, 11) is 0. The van der Waals surface area contributed by atoms with Gasteiger partial charge in [-0.05, 0) is 25.7 Å². The molecular weight excluding hydrogens is 256 g/mol. The average molecular weight is 280 g/mol. The summed E-state index contributed by atoms with van der Waals surface area (Å²) < 4.78 is 0. The van der Waals surface area contributed by atoms with Gasteiger partial charge in [-0.25, -0.2) is 4.98 Å². The highest BCUT2D eigenvalue weighted by molar-refractivity contribution is 7.17. The Labute approximate surface area is 120 Å². The van der Waals surface area contributed by atoms with E-state index in [1.807, 2.05) is 0 Å².